The number of carbonyl (C=O) groups is 1. The Morgan fingerprint density at radius 2 is 2.05 bits per heavy atom. The monoisotopic (exact) mass is 309 g/mol. The number of rotatable bonds is 5. The average Bonchev–Trinajstić information content (AvgIpc) is 2.35. The van der Waals surface area contributed by atoms with Gasteiger partial charge in [0.15, 0.2) is 0 Å². The van der Waals surface area contributed by atoms with Gasteiger partial charge < -0.3 is 5.11 Å². The topological polar surface area (TPSA) is 83.5 Å². The Bertz CT molecular complexity index is 673. The van der Waals surface area contributed by atoms with Gasteiger partial charge in [0.05, 0.1) is 4.90 Å². The van der Waals surface area contributed by atoms with E-state index in [-0.39, 0.29) is 10.9 Å². The summed E-state index contributed by atoms with van der Waals surface area (Å²) < 4.78 is 27.5. The van der Waals surface area contributed by atoms with E-state index in [1.54, 1.807) is 19.1 Å². The van der Waals surface area contributed by atoms with Gasteiger partial charge in [-0.25, -0.2) is 17.9 Å². The summed E-state index contributed by atoms with van der Waals surface area (Å²) in [4.78, 5) is 10.7. The van der Waals surface area contributed by atoms with Crippen molar-refractivity contribution in [1.82, 2.24) is 4.72 Å². The summed E-state index contributed by atoms with van der Waals surface area (Å²) in [5, 5.41) is 8.62. The number of nitrogens with one attached hydrogen (secondary N) is 1. The van der Waals surface area contributed by atoms with Gasteiger partial charge in [-0.3, -0.25) is 0 Å². The molecule has 2 rings (SSSR count). The Balaban J connectivity index is 2.25. The van der Waals surface area contributed by atoms with E-state index in [0.29, 0.717) is 17.0 Å². The minimum Gasteiger partial charge on any atom is -0.478 e. The van der Waals surface area contributed by atoms with Crippen molar-refractivity contribution in [2.75, 3.05) is 0 Å². The Morgan fingerprint density at radius 1 is 1.38 bits per heavy atom. The molecular weight excluding hydrogens is 290 g/mol. The van der Waals surface area contributed by atoms with E-state index in [2.05, 4.69) is 11.6 Å². The lowest BCUT2D eigenvalue weighted by Gasteiger charge is -2.33. The van der Waals surface area contributed by atoms with Gasteiger partial charge >= 0.3 is 5.97 Å². The number of aryl methyl sites for hydroxylation is 1. The van der Waals surface area contributed by atoms with Crippen LogP contribution < -0.4 is 4.72 Å². The van der Waals surface area contributed by atoms with E-state index in [0.717, 1.165) is 18.9 Å². The second kappa shape index (κ2) is 5.99. The van der Waals surface area contributed by atoms with Crippen molar-refractivity contribution in [1.29, 1.82) is 0 Å². The third kappa shape index (κ3) is 3.92. The fraction of sp³-hybridized carbons (Fsp3) is 0.400. The summed E-state index contributed by atoms with van der Waals surface area (Å²) in [7, 11) is -3.57. The third-order valence-corrected chi connectivity index (χ3v) is 5.28. The molecular formula is C15H19NO4S. The minimum atomic E-state index is -3.57. The van der Waals surface area contributed by atoms with Crippen LogP contribution in [-0.4, -0.2) is 25.5 Å². The first-order chi connectivity index (χ1) is 9.78. The van der Waals surface area contributed by atoms with Gasteiger partial charge in [-0.15, -0.1) is 0 Å². The molecule has 0 atom stereocenters. The van der Waals surface area contributed by atoms with Crippen LogP contribution in [0.1, 0.15) is 30.9 Å². The smallest absolute Gasteiger partial charge is 0.328 e. The molecule has 1 saturated carbocycles. The molecule has 114 valence electrons. The molecule has 0 saturated heterocycles. The van der Waals surface area contributed by atoms with Crippen LogP contribution in [-0.2, 0) is 14.8 Å². The zero-order valence-corrected chi connectivity index (χ0v) is 12.9. The molecule has 0 unspecified atom stereocenters. The number of aliphatic carboxylic acids is 1. The summed E-state index contributed by atoms with van der Waals surface area (Å²) in [5.41, 5.74) is 1.19. The highest BCUT2D eigenvalue weighted by molar-refractivity contribution is 7.89. The SMILES string of the molecule is Cc1ccc(/C=C/C(=O)O)cc1S(=O)(=O)NC1CC(C)C1. The van der Waals surface area contributed by atoms with E-state index in [9.17, 15) is 13.2 Å². The van der Waals surface area contributed by atoms with E-state index in [1.165, 1.54) is 12.1 Å². The van der Waals surface area contributed by atoms with Gasteiger partial charge in [-0.05, 0) is 49.0 Å². The molecule has 1 aliphatic carbocycles. The van der Waals surface area contributed by atoms with Crippen LogP contribution in [0.15, 0.2) is 29.2 Å². The van der Waals surface area contributed by atoms with E-state index < -0.39 is 16.0 Å². The first kappa shape index (κ1) is 15.7. The van der Waals surface area contributed by atoms with E-state index in [4.69, 9.17) is 5.11 Å². The first-order valence-electron chi connectivity index (χ1n) is 6.82. The average molecular weight is 309 g/mol. The van der Waals surface area contributed by atoms with Gasteiger partial charge in [-0.1, -0.05) is 19.1 Å². The molecule has 1 aromatic rings. The molecule has 0 aliphatic heterocycles. The number of hydrogen-bond acceptors (Lipinski definition) is 3. The number of hydrogen-bond donors (Lipinski definition) is 2. The van der Waals surface area contributed by atoms with Gasteiger partial charge in [0.25, 0.3) is 0 Å². The minimum absolute atomic E-state index is 0.00242. The van der Waals surface area contributed by atoms with Crippen LogP contribution in [0.5, 0.6) is 0 Å². The van der Waals surface area contributed by atoms with Crippen molar-refractivity contribution in [2.24, 2.45) is 5.92 Å². The zero-order valence-electron chi connectivity index (χ0n) is 12.0. The maximum Gasteiger partial charge on any atom is 0.328 e. The predicted octanol–water partition coefficient (Wildman–Crippen LogP) is 2.17. The van der Waals surface area contributed by atoms with E-state index >= 15 is 0 Å². The summed E-state index contributed by atoms with van der Waals surface area (Å²) in [6.45, 7) is 3.82. The second-order valence-corrected chi connectivity index (χ2v) is 7.27. The van der Waals surface area contributed by atoms with Gasteiger partial charge in [0, 0.05) is 12.1 Å². The van der Waals surface area contributed by atoms with Crippen molar-refractivity contribution in [3.63, 3.8) is 0 Å². The summed E-state index contributed by atoms with van der Waals surface area (Å²) >= 11 is 0. The fourth-order valence-corrected chi connectivity index (χ4v) is 4.00. The highest BCUT2D eigenvalue weighted by atomic mass is 32.2. The maximum atomic E-state index is 12.4. The molecule has 0 bridgehead atoms. The summed E-state index contributed by atoms with van der Waals surface area (Å²) in [6, 6.07) is 4.88. The normalized spacial score (nSPS) is 22.2. The Morgan fingerprint density at radius 3 is 2.62 bits per heavy atom. The molecule has 6 heteroatoms. The lowest BCUT2D eigenvalue weighted by atomic mass is 9.83. The van der Waals surface area contributed by atoms with Crippen molar-refractivity contribution in [3.05, 3.63) is 35.4 Å². The lowest BCUT2D eigenvalue weighted by Crippen LogP contribution is -2.43. The second-order valence-electron chi connectivity index (χ2n) is 5.59. The number of carboxylic acid groups (broad SMARTS) is 1. The highest BCUT2D eigenvalue weighted by Crippen LogP contribution is 2.28. The molecule has 21 heavy (non-hydrogen) atoms. The molecule has 1 fully saturated rings. The standard InChI is InChI=1S/C15H19NO4S/c1-10-7-13(8-10)16-21(19,20)14-9-12(4-3-11(14)2)5-6-15(17)18/h3-6,9-10,13,16H,7-8H2,1-2H3,(H,17,18)/b6-5+. The summed E-state index contributed by atoms with van der Waals surface area (Å²) in [5.74, 6) is -0.509. The van der Waals surface area contributed by atoms with Crippen molar-refractivity contribution in [2.45, 2.75) is 37.6 Å². The van der Waals surface area contributed by atoms with Crippen LogP contribution in [0.25, 0.3) is 6.08 Å². The highest BCUT2D eigenvalue weighted by Gasteiger charge is 2.30. The first-order valence-corrected chi connectivity index (χ1v) is 8.30. The fourth-order valence-electron chi connectivity index (χ4n) is 2.46. The molecule has 1 aromatic carbocycles. The Labute approximate surface area is 124 Å². The molecule has 0 aromatic heterocycles. The van der Waals surface area contributed by atoms with E-state index in [1.807, 2.05) is 0 Å². The molecule has 5 nitrogen and oxygen atoms in total. The molecule has 1 aliphatic rings. The quantitative estimate of drug-likeness (QED) is 0.817. The van der Waals surface area contributed by atoms with Crippen LogP contribution in [0.2, 0.25) is 0 Å². The largest absolute Gasteiger partial charge is 0.478 e. The lowest BCUT2D eigenvalue weighted by molar-refractivity contribution is -0.131. The van der Waals surface area contributed by atoms with Crippen molar-refractivity contribution in [3.8, 4) is 0 Å². The Kier molecular flexibility index (Phi) is 4.49. The number of carboxylic acids is 1. The van der Waals surface area contributed by atoms with Crippen LogP contribution in [0.3, 0.4) is 0 Å². The molecule has 0 spiro atoms. The maximum absolute atomic E-state index is 12.4. The number of benzene rings is 1. The predicted molar refractivity (Wildman–Crippen MR) is 80.4 cm³/mol. The number of sulfonamides is 1. The van der Waals surface area contributed by atoms with Crippen molar-refractivity contribution < 1.29 is 18.3 Å². The van der Waals surface area contributed by atoms with Gasteiger partial charge in [0.1, 0.15) is 0 Å². The van der Waals surface area contributed by atoms with Gasteiger partial charge in [-0.2, -0.15) is 0 Å². The van der Waals surface area contributed by atoms with Crippen LogP contribution >= 0.6 is 0 Å². The zero-order chi connectivity index (χ0) is 15.6. The molecule has 0 radical (unpaired) electrons. The molecule has 0 amide bonds. The van der Waals surface area contributed by atoms with Gasteiger partial charge in [0.2, 0.25) is 10.0 Å². The Hall–Kier alpha value is -1.66. The van der Waals surface area contributed by atoms with Crippen LogP contribution in [0, 0.1) is 12.8 Å². The van der Waals surface area contributed by atoms with Crippen molar-refractivity contribution >= 4 is 22.1 Å². The molecule has 0 heterocycles. The molecule has 2 N–H and O–H groups in total. The summed E-state index contributed by atoms with van der Waals surface area (Å²) in [6.07, 6.45) is 4.09. The third-order valence-electron chi connectivity index (χ3n) is 3.62. The van der Waals surface area contributed by atoms with Crippen LogP contribution in [0.4, 0.5) is 0 Å².